The Balaban J connectivity index is 1.66. The van der Waals surface area contributed by atoms with Gasteiger partial charge in [-0.3, -0.25) is 15.0 Å². The number of hydrogen-bond acceptors (Lipinski definition) is 4. The van der Waals surface area contributed by atoms with Crippen LogP contribution < -0.4 is 16.1 Å². The number of hydrazine groups is 1. The highest BCUT2D eigenvalue weighted by Crippen LogP contribution is 2.24. The molecule has 0 aromatic heterocycles. The van der Waals surface area contributed by atoms with Crippen LogP contribution in [0.25, 0.3) is 0 Å². The van der Waals surface area contributed by atoms with Gasteiger partial charge in [-0.2, -0.15) is 5.01 Å². The van der Waals surface area contributed by atoms with Gasteiger partial charge in [0.25, 0.3) is 11.8 Å². The molecule has 1 aliphatic heterocycles. The number of urea groups is 1. The van der Waals surface area contributed by atoms with Crippen molar-refractivity contribution in [3.63, 3.8) is 0 Å². The van der Waals surface area contributed by atoms with Gasteiger partial charge >= 0.3 is 6.03 Å². The number of fused-ring (bicyclic) bond motifs is 1. The minimum atomic E-state index is -0.391. The van der Waals surface area contributed by atoms with E-state index in [2.05, 4.69) is 16.1 Å². The first kappa shape index (κ1) is 17.5. The van der Waals surface area contributed by atoms with E-state index in [4.69, 9.17) is 0 Å². The summed E-state index contributed by atoms with van der Waals surface area (Å²) in [6.45, 7) is 5.67. The van der Waals surface area contributed by atoms with Gasteiger partial charge in [-0.25, -0.2) is 4.79 Å². The van der Waals surface area contributed by atoms with Gasteiger partial charge in [0.15, 0.2) is 0 Å². The Labute approximate surface area is 151 Å². The number of imide groups is 1. The van der Waals surface area contributed by atoms with E-state index in [9.17, 15) is 14.4 Å². The molecule has 0 unspecified atom stereocenters. The standard InChI is InChI=1S/C19H20N4O3/c1-19(2,3)21-18(26)20-12-8-10-13(11-9-12)22-23-16(24)14-6-4-5-7-15(14)17(23)25/h4-11,22H,1-3H3,(H2,20,21,26). The van der Waals surface area contributed by atoms with E-state index in [1.54, 1.807) is 48.5 Å². The summed E-state index contributed by atoms with van der Waals surface area (Å²) in [5.74, 6) is -0.783. The number of benzene rings is 2. The molecular formula is C19H20N4O3. The number of rotatable bonds is 3. The average molecular weight is 352 g/mol. The van der Waals surface area contributed by atoms with Crippen molar-refractivity contribution in [1.29, 1.82) is 0 Å². The van der Waals surface area contributed by atoms with Gasteiger partial charge in [-0.05, 0) is 57.2 Å². The third kappa shape index (κ3) is 3.66. The average Bonchev–Trinajstić information content (AvgIpc) is 2.80. The second-order valence-electron chi connectivity index (χ2n) is 7.01. The second-order valence-corrected chi connectivity index (χ2v) is 7.01. The number of carbonyl (C=O) groups is 3. The number of carbonyl (C=O) groups excluding carboxylic acids is 3. The van der Waals surface area contributed by atoms with Crippen molar-refractivity contribution in [3.8, 4) is 0 Å². The Kier molecular flexibility index (Phi) is 4.38. The molecule has 7 nitrogen and oxygen atoms in total. The molecule has 0 bridgehead atoms. The highest BCUT2D eigenvalue weighted by atomic mass is 16.2. The zero-order chi connectivity index (χ0) is 18.9. The number of hydrogen-bond donors (Lipinski definition) is 3. The van der Waals surface area contributed by atoms with Crippen LogP contribution in [0.1, 0.15) is 41.5 Å². The second kappa shape index (κ2) is 6.51. The third-order valence-corrected chi connectivity index (χ3v) is 3.67. The summed E-state index contributed by atoms with van der Waals surface area (Å²) < 4.78 is 0. The number of amides is 4. The van der Waals surface area contributed by atoms with E-state index in [1.807, 2.05) is 20.8 Å². The summed E-state index contributed by atoms with van der Waals surface area (Å²) in [5, 5.41) is 6.51. The molecule has 134 valence electrons. The van der Waals surface area contributed by atoms with Gasteiger partial charge in [0.2, 0.25) is 0 Å². The van der Waals surface area contributed by atoms with Crippen molar-refractivity contribution in [2.45, 2.75) is 26.3 Å². The lowest BCUT2D eigenvalue weighted by molar-refractivity contribution is 0.0691. The predicted molar refractivity (Wildman–Crippen MR) is 98.9 cm³/mol. The van der Waals surface area contributed by atoms with E-state index in [0.717, 1.165) is 5.01 Å². The van der Waals surface area contributed by atoms with Crippen LogP contribution in [0.15, 0.2) is 48.5 Å². The summed E-state index contributed by atoms with van der Waals surface area (Å²) in [4.78, 5) is 36.5. The Hall–Kier alpha value is -3.35. The maximum Gasteiger partial charge on any atom is 0.319 e. The van der Waals surface area contributed by atoms with Crippen molar-refractivity contribution in [2.24, 2.45) is 0 Å². The molecule has 3 rings (SSSR count). The monoisotopic (exact) mass is 352 g/mol. The molecule has 0 aliphatic carbocycles. The molecule has 0 radical (unpaired) electrons. The topological polar surface area (TPSA) is 90.5 Å². The summed E-state index contributed by atoms with van der Waals surface area (Å²) in [7, 11) is 0. The quantitative estimate of drug-likeness (QED) is 0.740. The summed E-state index contributed by atoms with van der Waals surface area (Å²) in [6, 6.07) is 13.1. The van der Waals surface area contributed by atoms with E-state index in [0.29, 0.717) is 22.5 Å². The first-order chi connectivity index (χ1) is 12.2. The van der Waals surface area contributed by atoms with E-state index >= 15 is 0 Å². The van der Waals surface area contributed by atoms with E-state index in [1.165, 1.54) is 0 Å². The van der Waals surface area contributed by atoms with Gasteiger partial charge in [0.05, 0.1) is 16.8 Å². The van der Waals surface area contributed by atoms with Gasteiger partial charge in [0.1, 0.15) is 0 Å². The molecule has 2 aromatic carbocycles. The maximum atomic E-state index is 12.3. The molecular weight excluding hydrogens is 332 g/mol. The molecule has 2 aromatic rings. The lowest BCUT2D eigenvalue weighted by Crippen LogP contribution is -2.43. The Morgan fingerprint density at radius 2 is 1.35 bits per heavy atom. The van der Waals surface area contributed by atoms with Gasteiger partial charge in [0, 0.05) is 11.2 Å². The zero-order valence-corrected chi connectivity index (χ0v) is 14.8. The number of nitrogens with zero attached hydrogens (tertiary/aromatic N) is 1. The van der Waals surface area contributed by atoms with Crippen molar-refractivity contribution in [3.05, 3.63) is 59.7 Å². The van der Waals surface area contributed by atoms with Crippen LogP contribution >= 0.6 is 0 Å². The molecule has 4 amide bonds. The van der Waals surface area contributed by atoms with Crippen molar-refractivity contribution in [2.75, 3.05) is 10.7 Å². The highest BCUT2D eigenvalue weighted by Gasteiger charge is 2.35. The fourth-order valence-electron chi connectivity index (χ4n) is 2.55. The SMILES string of the molecule is CC(C)(C)NC(=O)Nc1ccc(NN2C(=O)c3ccccc3C2=O)cc1. The molecule has 26 heavy (non-hydrogen) atoms. The summed E-state index contributed by atoms with van der Waals surface area (Å²) in [6.07, 6.45) is 0. The van der Waals surface area contributed by atoms with E-state index < -0.39 is 11.8 Å². The molecule has 0 saturated heterocycles. The summed E-state index contributed by atoms with van der Waals surface area (Å²) >= 11 is 0. The minimum Gasteiger partial charge on any atom is -0.333 e. The first-order valence-corrected chi connectivity index (χ1v) is 8.18. The lowest BCUT2D eigenvalue weighted by atomic mass is 10.1. The zero-order valence-electron chi connectivity index (χ0n) is 14.8. The molecule has 1 heterocycles. The highest BCUT2D eigenvalue weighted by molar-refractivity contribution is 6.21. The fourth-order valence-corrected chi connectivity index (χ4v) is 2.55. The number of anilines is 2. The van der Waals surface area contributed by atoms with Crippen LogP contribution in [-0.4, -0.2) is 28.4 Å². The van der Waals surface area contributed by atoms with Crippen LogP contribution in [0.2, 0.25) is 0 Å². The molecule has 3 N–H and O–H groups in total. The fraction of sp³-hybridized carbons (Fsp3) is 0.211. The molecule has 7 heteroatoms. The van der Waals surface area contributed by atoms with Crippen LogP contribution in [-0.2, 0) is 0 Å². The molecule has 0 atom stereocenters. The lowest BCUT2D eigenvalue weighted by Gasteiger charge is -2.21. The van der Waals surface area contributed by atoms with Crippen molar-refractivity contribution in [1.82, 2.24) is 10.3 Å². The molecule has 0 saturated carbocycles. The van der Waals surface area contributed by atoms with Gasteiger partial charge in [-0.15, -0.1) is 0 Å². The molecule has 1 aliphatic rings. The Morgan fingerprint density at radius 3 is 1.85 bits per heavy atom. The predicted octanol–water partition coefficient (Wildman–Crippen LogP) is 3.23. The summed E-state index contributed by atoms with van der Waals surface area (Å²) in [5.41, 5.74) is 4.38. The first-order valence-electron chi connectivity index (χ1n) is 8.18. The Bertz CT molecular complexity index is 834. The number of nitrogens with one attached hydrogen (secondary N) is 3. The smallest absolute Gasteiger partial charge is 0.319 e. The van der Waals surface area contributed by atoms with Crippen LogP contribution in [0.3, 0.4) is 0 Å². The van der Waals surface area contributed by atoms with E-state index in [-0.39, 0.29) is 11.6 Å². The Morgan fingerprint density at radius 1 is 0.846 bits per heavy atom. The molecule has 0 spiro atoms. The third-order valence-electron chi connectivity index (χ3n) is 3.67. The van der Waals surface area contributed by atoms with Gasteiger partial charge < -0.3 is 10.6 Å². The van der Waals surface area contributed by atoms with Crippen LogP contribution in [0, 0.1) is 0 Å². The van der Waals surface area contributed by atoms with Crippen molar-refractivity contribution >= 4 is 29.2 Å². The molecule has 0 fully saturated rings. The largest absolute Gasteiger partial charge is 0.333 e. The van der Waals surface area contributed by atoms with Crippen molar-refractivity contribution < 1.29 is 14.4 Å². The van der Waals surface area contributed by atoms with Crippen LogP contribution in [0.4, 0.5) is 16.2 Å². The van der Waals surface area contributed by atoms with Crippen LogP contribution in [0.5, 0.6) is 0 Å². The van der Waals surface area contributed by atoms with Gasteiger partial charge in [-0.1, -0.05) is 12.1 Å². The maximum absolute atomic E-state index is 12.3. The minimum absolute atomic E-state index is 0.307. The normalized spacial score (nSPS) is 13.4.